The maximum atomic E-state index is 13.1. The van der Waals surface area contributed by atoms with Crippen molar-refractivity contribution in [2.45, 2.75) is 45.4 Å². The molecule has 13 heteroatoms. The van der Waals surface area contributed by atoms with Crippen LogP contribution in [0.4, 0.5) is 27.8 Å². The summed E-state index contributed by atoms with van der Waals surface area (Å²) in [5.74, 6) is -0.179. The summed E-state index contributed by atoms with van der Waals surface area (Å²) < 4.78 is 5.23. The number of nitrogens with one attached hydrogen (secondary N) is 4. The lowest BCUT2D eigenvalue weighted by Gasteiger charge is -2.17. The first-order valence-corrected chi connectivity index (χ1v) is 19.0. The van der Waals surface area contributed by atoms with E-state index in [0.29, 0.717) is 59.0 Å². The van der Waals surface area contributed by atoms with Gasteiger partial charge in [-0.05, 0) is 81.4 Å². The molecule has 0 radical (unpaired) electrons. The number of unbranched alkanes of at least 4 members (excludes halogenated alkanes) is 4. The summed E-state index contributed by atoms with van der Waals surface area (Å²) >= 11 is 6.49. The zero-order chi connectivity index (χ0) is 39.0. The number of rotatable bonds is 19. The van der Waals surface area contributed by atoms with E-state index in [1.54, 1.807) is 54.5 Å². The number of likely N-dealkylation sites (N-methyl/N-ethyl adjacent to an activating group) is 1. The highest BCUT2D eigenvalue weighted by atomic mass is 35.5. The topological polar surface area (TPSA) is 145 Å². The number of aromatic amines is 1. The number of ether oxygens (including phenoxy) is 1. The number of nitrogens with zero attached hydrogens (tertiary/aromatic N) is 4. The summed E-state index contributed by atoms with van der Waals surface area (Å²) in [4.78, 5) is 53.6. The van der Waals surface area contributed by atoms with Gasteiger partial charge < -0.3 is 35.5 Å². The van der Waals surface area contributed by atoms with Gasteiger partial charge in [0.2, 0.25) is 11.9 Å². The van der Waals surface area contributed by atoms with E-state index in [0.717, 1.165) is 61.5 Å². The summed E-state index contributed by atoms with van der Waals surface area (Å²) in [6, 6.07) is 21.9. The highest BCUT2D eigenvalue weighted by Crippen LogP contribution is 2.33. The number of carbonyl (C=O) groups is 3. The average Bonchev–Trinajstić information content (AvgIpc) is 3.61. The molecule has 5 aromatic rings. The van der Waals surface area contributed by atoms with Crippen molar-refractivity contribution in [3.05, 3.63) is 108 Å². The Labute approximate surface area is 327 Å². The van der Waals surface area contributed by atoms with Gasteiger partial charge in [0.25, 0.3) is 5.91 Å². The van der Waals surface area contributed by atoms with Crippen LogP contribution in [0.2, 0.25) is 5.02 Å². The van der Waals surface area contributed by atoms with Gasteiger partial charge in [0.1, 0.15) is 0 Å². The van der Waals surface area contributed by atoms with Gasteiger partial charge in [-0.2, -0.15) is 0 Å². The Morgan fingerprint density at radius 3 is 2.44 bits per heavy atom. The van der Waals surface area contributed by atoms with Crippen molar-refractivity contribution in [2.24, 2.45) is 0 Å². The number of aromatic nitrogens is 3. The quantitative estimate of drug-likeness (QED) is 0.0482. The molecule has 3 aromatic carbocycles. The number of para-hydroxylation sites is 1. The molecule has 12 nitrogen and oxygen atoms in total. The van der Waals surface area contributed by atoms with Crippen molar-refractivity contribution in [1.82, 2.24) is 24.8 Å². The van der Waals surface area contributed by atoms with Gasteiger partial charge in [-0.1, -0.05) is 68.1 Å². The number of halogens is 1. The number of hydrogen-bond donors (Lipinski definition) is 4. The van der Waals surface area contributed by atoms with E-state index >= 15 is 0 Å². The first-order valence-electron chi connectivity index (χ1n) is 18.6. The van der Waals surface area contributed by atoms with Gasteiger partial charge in [0.15, 0.2) is 0 Å². The molecule has 0 fully saturated rings. The fourth-order valence-corrected chi connectivity index (χ4v) is 5.99. The lowest BCUT2D eigenvalue weighted by molar-refractivity contribution is -0.111. The van der Waals surface area contributed by atoms with Crippen molar-refractivity contribution >= 4 is 63.4 Å². The van der Waals surface area contributed by atoms with E-state index < -0.39 is 0 Å². The van der Waals surface area contributed by atoms with Crippen LogP contribution in [0.15, 0.2) is 97.3 Å². The van der Waals surface area contributed by atoms with Crippen molar-refractivity contribution in [3.8, 4) is 11.3 Å². The second-order valence-electron chi connectivity index (χ2n) is 13.3. The molecular formula is C42H49ClN8O4. The molecule has 0 saturated carbocycles. The maximum absolute atomic E-state index is 13.1. The predicted octanol–water partition coefficient (Wildman–Crippen LogP) is 9.13. The van der Waals surface area contributed by atoms with E-state index in [4.69, 9.17) is 16.3 Å². The fourth-order valence-electron chi connectivity index (χ4n) is 5.80. The van der Waals surface area contributed by atoms with E-state index in [9.17, 15) is 14.4 Å². The van der Waals surface area contributed by atoms with Crippen LogP contribution in [0.25, 0.3) is 22.2 Å². The first kappa shape index (κ1) is 40.5. The minimum absolute atomic E-state index is 0.245. The molecule has 0 aliphatic rings. The molecule has 4 N–H and O–H groups in total. The van der Waals surface area contributed by atoms with Crippen molar-refractivity contribution in [1.29, 1.82) is 0 Å². The molecule has 0 aliphatic carbocycles. The largest absolute Gasteiger partial charge is 0.449 e. The third-order valence-electron chi connectivity index (χ3n) is 8.88. The standard InChI is InChI=1S/C42H49ClN8O4/c1-4-5-26-55-42(54)51(3)25-11-7-6-10-23-50(2)24-13-18-38(52)46-31-21-19-30(20-22-31)40(53)47-32-14-12-15-33(27-32)48-41-45-29-36(43)39(49-41)35-28-44-37-17-9-8-16-34(35)37/h8-9,12-22,27-29,44H,4-7,10-11,23-26H2,1-3H3,(H,46,52)(H,47,53)(H,45,48,49)/b18-13+. The zero-order valence-electron chi connectivity index (χ0n) is 31.6. The molecule has 5 rings (SSSR count). The fraction of sp³-hybridized carbons (Fsp3) is 0.310. The van der Waals surface area contributed by atoms with Crippen molar-refractivity contribution in [3.63, 3.8) is 0 Å². The Balaban J connectivity index is 1.02. The van der Waals surface area contributed by atoms with Crippen LogP contribution in [0.3, 0.4) is 0 Å². The maximum Gasteiger partial charge on any atom is 0.409 e. The number of hydrogen-bond acceptors (Lipinski definition) is 8. The van der Waals surface area contributed by atoms with Gasteiger partial charge in [-0.3, -0.25) is 9.59 Å². The third-order valence-corrected chi connectivity index (χ3v) is 9.16. The molecule has 3 amide bonds. The lowest BCUT2D eigenvalue weighted by atomic mass is 10.1. The zero-order valence-corrected chi connectivity index (χ0v) is 32.4. The number of fused-ring (bicyclic) bond motifs is 1. The molecule has 2 heterocycles. The summed E-state index contributed by atoms with van der Waals surface area (Å²) in [7, 11) is 3.80. The lowest BCUT2D eigenvalue weighted by Crippen LogP contribution is -2.28. The normalized spacial score (nSPS) is 11.2. The van der Waals surface area contributed by atoms with Crippen LogP contribution in [-0.2, 0) is 9.53 Å². The van der Waals surface area contributed by atoms with Gasteiger partial charge in [-0.25, -0.2) is 14.8 Å². The average molecular weight is 765 g/mol. The Morgan fingerprint density at radius 1 is 0.873 bits per heavy atom. The third kappa shape index (κ3) is 12.4. The van der Waals surface area contributed by atoms with Gasteiger partial charge >= 0.3 is 6.09 Å². The summed E-state index contributed by atoms with van der Waals surface area (Å²) in [6.07, 6.45) is 12.5. The van der Waals surface area contributed by atoms with Crippen molar-refractivity contribution in [2.75, 3.05) is 56.3 Å². The summed E-state index contributed by atoms with van der Waals surface area (Å²) in [5, 5.41) is 10.4. The molecule has 0 bridgehead atoms. The second-order valence-corrected chi connectivity index (χ2v) is 13.7. The van der Waals surface area contributed by atoms with Crippen molar-refractivity contribution < 1.29 is 19.1 Å². The monoisotopic (exact) mass is 764 g/mol. The van der Waals surface area contributed by atoms with Crippen LogP contribution in [-0.4, -0.2) is 83.0 Å². The van der Waals surface area contributed by atoms with E-state index in [2.05, 4.69) is 42.7 Å². The highest BCUT2D eigenvalue weighted by Gasteiger charge is 2.14. The summed E-state index contributed by atoms with van der Waals surface area (Å²) in [5.41, 5.74) is 4.74. The number of anilines is 4. The van der Waals surface area contributed by atoms with Crippen LogP contribution < -0.4 is 16.0 Å². The predicted molar refractivity (Wildman–Crippen MR) is 221 cm³/mol. The van der Waals surface area contributed by atoms with Gasteiger partial charge in [0, 0.05) is 71.5 Å². The number of H-pyrrole nitrogens is 1. The smallest absolute Gasteiger partial charge is 0.409 e. The Hall–Kier alpha value is -5.72. The highest BCUT2D eigenvalue weighted by molar-refractivity contribution is 6.33. The van der Waals surface area contributed by atoms with Gasteiger partial charge in [-0.15, -0.1) is 0 Å². The van der Waals surface area contributed by atoms with Crippen LogP contribution in [0.1, 0.15) is 55.8 Å². The molecule has 0 unspecified atom stereocenters. The summed E-state index contributed by atoms with van der Waals surface area (Å²) in [6.45, 7) is 4.80. The number of amides is 3. The Kier molecular flexibility index (Phi) is 15.2. The Bertz CT molecular complexity index is 2070. The van der Waals surface area contributed by atoms with Crippen LogP contribution in [0, 0.1) is 0 Å². The second kappa shape index (κ2) is 20.7. The molecule has 55 heavy (non-hydrogen) atoms. The molecule has 2 aromatic heterocycles. The molecule has 0 atom stereocenters. The Morgan fingerprint density at radius 2 is 1.64 bits per heavy atom. The minimum atomic E-state index is -0.294. The molecule has 288 valence electrons. The van der Waals surface area contributed by atoms with Crippen LogP contribution in [0.5, 0.6) is 0 Å². The van der Waals surface area contributed by atoms with E-state index in [1.165, 1.54) is 6.08 Å². The van der Waals surface area contributed by atoms with E-state index in [-0.39, 0.29) is 17.9 Å². The first-order chi connectivity index (χ1) is 26.7. The molecule has 0 aliphatic heterocycles. The molecule has 0 saturated heterocycles. The number of carbonyl (C=O) groups excluding carboxylic acids is 3. The molecule has 0 spiro atoms. The van der Waals surface area contributed by atoms with E-state index in [1.807, 2.05) is 55.7 Å². The SMILES string of the molecule is CCCCOC(=O)N(C)CCCCCCN(C)C/C=C/C(=O)Nc1ccc(C(=O)Nc2cccc(Nc3ncc(Cl)c(-c4c[nH]c5ccccc45)n3)c2)cc1. The number of benzene rings is 3. The van der Waals surface area contributed by atoms with Crippen LogP contribution >= 0.6 is 11.6 Å². The van der Waals surface area contributed by atoms with Gasteiger partial charge in [0.05, 0.1) is 23.5 Å². The molecular weight excluding hydrogens is 716 g/mol. The minimum Gasteiger partial charge on any atom is -0.449 e.